The SMILES string of the molecule is CC[C@H](C)[C@@H]([C@@H](CC(=O)N1CCC[C@H]1[C@H](OC)[C@@H](C)C(=O)OC)OC)N(C)C(=O)[C@@H](CC(=O)[C@H](C(C)C)N(C)C)C(C)C. The van der Waals surface area contributed by atoms with Gasteiger partial charge in [0.1, 0.15) is 0 Å². The summed E-state index contributed by atoms with van der Waals surface area (Å²) in [6.07, 6.45) is 1.53. The molecule has 0 aromatic carbocycles. The maximum Gasteiger partial charge on any atom is 0.311 e. The van der Waals surface area contributed by atoms with Crippen molar-refractivity contribution in [1.29, 1.82) is 0 Å². The van der Waals surface area contributed by atoms with Gasteiger partial charge >= 0.3 is 5.97 Å². The summed E-state index contributed by atoms with van der Waals surface area (Å²) >= 11 is 0. The number of Topliss-reactive ketones (excluding diaryl/α,β-unsaturated/α-hetero) is 1. The second-order valence-corrected chi connectivity index (χ2v) is 13.3. The maximum absolute atomic E-state index is 14.1. The number of carbonyl (C=O) groups is 4. The molecule has 0 saturated carbocycles. The average molecular weight is 612 g/mol. The third kappa shape index (κ3) is 9.98. The van der Waals surface area contributed by atoms with Crippen LogP contribution in [0.15, 0.2) is 0 Å². The molecule has 0 bridgehead atoms. The Labute approximate surface area is 261 Å². The molecule has 10 nitrogen and oxygen atoms in total. The van der Waals surface area contributed by atoms with E-state index in [2.05, 4.69) is 13.8 Å². The molecule has 8 atom stereocenters. The highest BCUT2D eigenvalue weighted by Crippen LogP contribution is 2.31. The Morgan fingerprint density at radius 1 is 0.884 bits per heavy atom. The third-order valence-electron chi connectivity index (χ3n) is 9.48. The molecule has 1 saturated heterocycles. The largest absolute Gasteiger partial charge is 0.469 e. The minimum Gasteiger partial charge on any atom is -0.469 e. The Kier molecular flexibility index (Phi) is 16.4. The van der Waals surface area contributed by atoms with Crippen molar-refractivity contribution in [1.82, 2.24) is 14.7 Å². The van der Waals surface area contributed by atoms with Crippen LogP contribution in [0, 0.1) is 29.6 Å². The molecule has 10 heteroatoms. The first kappa shape index (κ1) is 39.0. The number of hydrogen-bond acceptors (Lipinski definition) is 8. The van der Waals surface area contributed by atoms with Crippen molar-refractivity contribution in [2.45, 2.75) is 111 Å². The first-order valence-electron chi connectivity index (χ1n) is 16.0. The molecule has 1 aliphatic rings. The zero-order valence-corrected chi connectivity index (χ0v) is 29.2. The van der Waals surface area contributed by atoms with Crippen LogP contribution in [-0.2, 0) is 33.4 Å². The number of hydrogen-bond donors (Lipinski definition) is 0. The fourth-order valence-electron chi connectivity index (χ4n) is 6.94. The first-order valence-corrected chi connectivity index (χ1v) is 16.0. The standard InChI is InChI=1S/C33H61N3O7/c1-14-22(6)30(35(10)32(39)24(20(2)3)18-26(37)29(21(4)5)34(8)9)27(41-11)19-28(38)36-17-15-16-25(36)31(42-12)23(7)33(40)43-13/h20-25,27,29-31H,14-19H2,1-13H3/t22-,23+,24-,25-,27+,29-,30-,31+/m0/s1. The minimum atomic E-state index is -0.551. The number of carbonyl (C=O) groups excluding carboxylic acids is 4. The highest BCUT2D eigenvalue weighted by Gasteiger charge is 2.43. The van der Waals surface area contributed by atoms with Crippen LogP contribution in [-0.4, -0.2) is 118 Å². The van der Waals surface area contributed by atoms with Gasteiger partial charge in [-0.3, -0.25) is 24.1 Å². The molecule has 1 fully saturated rings. The Hall–Kier alpha value is -2.04. The molecule has 1 aliphatic heterocycles. The van der Waals surface area contributed by atoms with Gasteiger partial charge in [-0.15, -0.1) is 0 Å². The van der Waals surface area contributed by atoms with Crippen LogP contribution in [0.3, 0.4) is 0 Å². The van der Waals surface area contributed by atoms with E-state index in [-0.39, 0.29) is 72.3 Å². The molecule has 43 heavy (non-hydrogen) atoms. The van der Waals surface area contributed by atoms with E-state index in [1.54, 1.807) is 38.0 Å². The number of esters is 1. The van der Waals surface area contributed by atoms with Gasteiger partial charge in [0.2, 0.25) is 11.8 Å². The summed E-state index contributed by atoms with van der Waals surface area (Å²) in [6.45, 7) is 14.5. The molecule has 1 heterocycles. The lowest BCUT2D eigenvalue weighted by molar-refractivity contribution is -0.154. The highest BCUT2D eigenvalue weighted by atomic mass is 16.5. The van der Waals surface area contributed by atoms with Crippen molar-refractivity contribution in [3.63, 3.8) is 0 Å². The van der Waals surface area contributed by atoms with Crippen LogP contribution in [0.4, 0.5) is 0 Å². The van der Waals surface area contributed by atoms with Crippen LogP contribution in [0.2, 0.25) is 0 Å². The van der Waals surface area contributed by atoms with Crippen molar-refractivity contribution >= 4 is 23.6 Å². The predicted molar refractivity (Wildman–Crippen MR) is 168 cm³/mol. The average Bonchev–Trinajstić information content (AvgIpc) is 3.43. The molecule has 0 unspecified atom stereocenters. The van der Waals surface area contributed by atoms with E-state index < -0.39 is 24.0 Å². The van der Waals surface area contributed by atoms with Crippen molar-refractivity contribution in [3.05, 3.63) is 0 Å². The van der Waals surface area contributed by atoms with Gasteiger partial charge in [-0.2, -0.15) is 0 Å². The van der Waals surface area contributed by atoms with Gasteiger partial charge in [-0.05, 0) is 51.6 Å². The van der Waals surface area contributed by atoms with Gasteiger partial charge in [-0.1, -0.05) is 48.0 Å². The number of nitrogens with zero attached hydrogens (tertiary/aromatic N) is 3. The number of ketones is 1. The van der Waals surface area contributed by atoms with Crippen molar-refractivity contribution in [2.24, 2.45) is 29.6 Å². The molecule has 0 aromatic heterocycles. The summed E-state index contributed by atoms with van der Waals surface area (Å²) in [5, 5.41) is 0. The summed E-state index contributed by atoms with van der Waals surface area (Å²) in [7, 11) is 10.1. The lowest BCUT2D eigenvalue weighted by atomic mass is 9.83. The fourth-order valence-corrected chi connectivity index (χ4v) is 6.94. The molecule has 250 valence electrons. The van der Waals surface area contributed by atoms with Crippen LogP contribution >= 0.6 is 0 Å². The predicted octanol–water partition coefficient (Wildman–Crippen LogP) is 3.90. The summed E-state index contributed by atoms with van der Waals surface area (Å²) < 4.78 is 16.6. The Balaban J connectivity index is 3.26. The molecule has 0 radical (unpaired) electrons. The zero-order valence-electron chi connectivity index (χ0n) is 29.2. The smallest absolute Gasteiger partial charge is 0.311 e. The number of amides is 2. The van der Waals surface area contributed by atoms with Crippen LogP contribution < -0.4 is 0 Å². The number of ether oxygens (including phenoxy) is 3. The van der Waals surface area contributed by atoms with Gasteiger partial charge in [0.25, 0.3) is 0 Å². The van der Waals surface area contributed by atoms with E-state index in [4.69, 9.17) is 14.2 Å². The van der Waals surface area contributed by atoms with Crippen molar-refractivity contribution < 1.29 is 33.4 Å². The lowest BCUT2D eigenvalue weighted by Gasteiger charge is -2.41. The van der Waals surface area contributed by atoms with Crippen LogP contribution in [0.25, 0.3) is 0 Å². The van der Waals surface area contributed by atoms with E-state index >= 15 is 0 Å². The normalized spacial score (nSPS) is 20.5. The van der Waals surface area contributed by atoms with E-state index in [9.17, 15) is 19.2 Å². The Morgan fingerprint density at radius 2 is 1.49 bits per heavy atom. The molecular weight excluding hydrogens is 550 g/mol. The Bertz CT molecular complexity index is 901. The van der Waals surface area contributed by atoms with Gasteiger partial charge in [0.05, 0.1) is 49.8 Å². The quantitative estimate of drug-likeness (QED) is 0.215. The van der Waals surface area contributed by atoms with Crippen LogP contribution in [0.5, 0.6) is 0 Å². The summed E-state index contributed by atoms with van der Waals surface area (Å²) in [6, 6.07) is -0.890. The molecule has 0 spiro atoms. The summed E-state index contributed by atoms with van der Waals surface area (Å²) in [5.41, 5.74) is 0. The van der Waals surface area contributed by atoms with Crippen molar-refractivity contribution in [2.75, 3.05) is 49.0 Å². The molecule has 2 amide bonds. The molecule has 0 N–H and O–H groups in total. The Morgan fingerprint density at radius 3 is 1.93 bits per heavy atom. The molecule has 0 aliphatic carbocycles. The zero-order chi connectivity index (χ0) is 33.2. The highest BCUT2D eigenvalue weighted by molar-refractivity contribution is 5.90. The molecule has 1 rings (SSSR count). The number of rotatable bonds is 18. The van der Waals surface area contributed by atoms with E-state index in [0.29, 0.717) is 6.54 Å². The van der Waals surface area contributed by atoms with Gasteiger partial charge in [0.15, 0.2) is 5.78 Å². The second-order valence-electron chi connectivity index (χ2n) is 13.3. The van der Waals surface area contributed by atoms with E-state index in [1.165, 1.54) is 7.11 Å². The van der Waals surface area contributed by atoms with Crippen LogP contribution in [0.1, 0.15) is 80.6 Å². The number of likely N-dealkylation sites (N-methyl/N-ethyl adjacent to an activating group) is 2. The van der Waals surface area contributed by atoms with E-state index in [1.807, 2.05) is 46.7 Å². The monoisotopic (exact) mass is 611 g/mol. The van der Waals surface area contributed by atoms with Crippen molar-refractivity contribution in [3.8, 4) is 0 Å². The summed E-state index contributed by atoms with van der Waals surface area (Å²) in [5.74, 6) is -1.39. The number of methoxy groups -OCH3 is 3. The lowest BCUT2D eigenvalue weighted by Crippen LogP contribution is -2.54. The second kappa shape index (κ2) is 18.1. The fraction of sp³-hybridized carbons (Fsp3) is 0.879. The van der Waals surface area contributed by atoms with Gasteiger partial charge in [0, 0.05) is 40.2 Å². The molecular formula is C33H61N3O7. The molecule has 0 aromatic rings. The number of likely N-dealkylation sites (tertiary alicyclic amines) is 1. The first-order chi connectivity index (χ1) is 20.1. The van der Waals surface area contributed by atoms with Gasteiger partial charge in [-0.25, -0.2) is 0 Å². The minimum absolute atomic E-state index is 0.0396. The summed E-state index contributed by atoms with van der Waals surface area (Å²) in [4.78, 5) is 59.1. The third-order valence-corrected chi connectivity index (χ3v) is 9.48. The maximum atomic E-state index is 14.1. The van der Waals surface area contributed by atoms with Gasteiger partial charge < -0.3 is 24.0 Å². The topological polar surface area (TPSA) is 106 Å². The van der Waals surface area contributed by atoms with E-state index in [0.717, 1.165) is 19.3 Å².